The van der Waals surface area contributed by atoms with Gasteiger partial charge in [0.05, 0.1) is 6.20 Å². The summed E-state index contributed by atoms with van der Waals surface area (Å²) in [5.74, 6) is -1.39. The first-order valence-electron chi connectivity index (χ1n) is 6.07. The number of carbonyl (C=O) groups excluding carboxylic acids is 1. The topological polar surface area (TPSA) is 88.3 Å². The van der Waals surface area contributed by atoms with E-state index in [2.05, 4.69) is 10.3 Å². The van der Waals surface area contributed by atoms with Crippen molar-refractivity contribution in [3.63, 3.8) is 0 Å². The molecule has 1 aromatic carbocycles. The molecule has 0 aliphatic rings. The van der Waals surface area contributed by atoms with Gasteiger partial charge in [-0.05, 0) is 17.7 Å². The Hall–Kier alpha value is -2.41. The normalized spacial score (nSPS) is 10.4. The highest BCUT2D eigenvalue weighted by Gasteiger charge is 2.13. The number of carbonyl (C=O) groups is 2. The molecule has 2 aromatic rings. The highest BCUT2D eigenvalue weighted by molar-refractivity contribution is 6.30. The number of aromatic nitrogens is 3. The van der Waals surface area contributed by atoms with Crippen LogP contribution in [0, 0.1) is 0 Å². The lowest BCUT2D eigenvalue weighted by Gasteiger charge is -2.17. The zero-order chi connectivity index (χ0) is 15.4. The molecule has 0 saturated carbocycles. The Balaban J connectivity index is 1.97. The maximum absolute atomic E-state index is 12.0. The molecule has 110 valence electrons. The van der Waals surface area contributed by atoms with Crippen molar-refractivity contribution in [2.24, 2.45) is 0 Å². The lowest BCUT2D eigenvalue weighted by Crippen LogP contribution is -2.30. The van der Waals surface area contributed by atoms with Gasteiger partial charge in [0, 0.05) is 18.6 Å². The molecule has 0 aliphatic heterocycles. The first-order chi connectivity index (χ1) is 9.95. The molecule has 7 nitrogen and oxygen atoms in total. The van der Waals surface area contributed by atoms with Crippen LogP contribution in [0.1, 0.15) is 16.1 Å². The third-order valence-corrected chi connectivity index (χ3v) is 3.02. The summed E-state index contributed by atoms with van der Waals surface area (Å²) in [6, 6.07) is 7.22. The third-order valence-electron chi connectivity index (χ3n) is 2.79. The number of carboxylic acids is 1. The fourth-order valence-corrected chi connectivity index (χ4v) is 1.94. The molecule has 0 saturated heterocycles. The van der Waals surface area contributed by atoms with Crippen LogP contribution in [-0.4, -0.2) is 43.9 Å². The molecule has 2 rings (SSSR count). The maximum Gasteiger partial charge on any atom is 0.358 e. The number of amides is 1. The Morgan fingerprint density at radius 1 is 1.43 bits per heavy atom. The third kappa shape index (κ3) is 4.03. The van der Waals surface area contributed by atoms with Crippen molar-refractivity contribution in [1.82, 2.24) is 19.9 Å². The first kappa shape index (κ1) is 15.0. The Labute approximate surface area is 125 Å². The molecular formula is C13H13ClN4O3. The van der Waals surface area contributed by atoms with Gasteiger partial charge in [-0.1, -0.05) is 28.9 Å². The van der Waals surface area contributed by atoms with Gasteiger partial charge in [-0.25, -0.2) is 9.48 Å². The van der Waals surface area contributed by atoms with Crippen molar-refractivity contribution in [3.8, 4) is 0 Å². The van der Waals surface area contributed by atoms with Crippen molar-refractivity contribution in [1.29, 1.82) is 0 Å². The number of benzene rings is 1. The van der Waals surface area contributed by atoms with Crippen molar-refractivity contribution < 1.29 is 14.7 Å². The number of carboxylic acid groups (broad SMARTS) is 1. The van der Waals surface area contributed by atoms with Crippen LogP contribution < -0.4 is 0 Å². The molecule has 0 unspecified atom stereocenters. The summed E-state index contributed by atoms with van der Waals surface area (Å²) in [6.07, 6.45) is 1.22. The molecule has 0 aliphatic carbocycles. The minimum Gasteiger partial charge on any atom is -0.476 e. The van der Waals surface area contributed by atoms with Crippen molar-refractivity contribution in [3.05, 3.63) is 46.7 Å². The summed E-state index contributed by atoms with van der Waals surface area (Å²) in [7, 11) is 1.65. The number of rotatable bonds is 5. The molecule has 0 spiro atoms. The Morgan fingerprint density at radius 3 is 2.81 bits per heavy atom. The summed E-state index contributed by atoms with van der Waals surface area (Å²) >= 11 is 5.89. The highest BCUT2D eigenvalue weighted by atomic mass is 35.5. The van der Waals surface area contributed by atoms with E-state index in [9.17, 15) is 9.59 Å². The van der Waals surface area contributed by atoms with Gasteiger partial charge < -0.3 is 10.0 Å². The van der Waals surface area contributed by atoms with E-state index in [4.69, 9.17) is 16.7 Å². The Kier molecular flexibility index (Phi) is 4.54. The molecule has 1 N–H and O–H groups in total. The Morgan fingerprint density at radius 2 is 2.19 bits per heavy atom. The molecule has 0 radical (unpaired) electrons. The highest BCUT2D eigenvalue weighted by Crippen LogP contribution is 2.12. The molecule has 0 fully saturated rings. The van der Waals surface area contributed by atoms with Crippen molar-refractivity contribution in [2.75, 3.05) is 7.05 Å². The predicted molar refractivity (Wildman–Crippen MR) is 74.9 cm³/mol. The quantitative estimate of drug-likeness (QED) is 0.899. The van der Waals surface area contributed by atoms with Gasteiger partial charge in [-0.3, -0.25) is 4.79 Å². The van der Waals surface area contributed by atoms with Gasteiger partial charge >= 0.3 is 5.97 Å². The zero-order valence-corrected chi connectivity index (χ0v) is 12.0. The summed E-state index contributed by atoms with van der Waals surface area (Å²) < 4.78 is 1.19. The molecule has 1 aromatic heterocycles. The zero-order valence-electron chi connectivity index (χ0n) is 11.2. The number of hydrogen-bond acceptors (Lipinski definition) is 4. The standard InChI is InChI=1S/C13H13ClN4O3/c1-17(6-9-3-2-4-10(14)5-9)12(19)8-18-7-11(13(20)21)15-16-18/h2-5,7H,6,8H2,1H3,(H,20,21). The first-order valence-corrected chi connectivity index (χ1v) is 6.45. The van der Waals surface area contributed by atoms with Gasteiger partial charge in [-0.2, -0.15) is 0 Å². The fourth-order valence-electron chi connectivity index (χ4n) is 1.73. The molecule has 1 heterocycles. The molecular weight excluding hydrogens is 296 g/mol. The maximum atomic E-state index is 12.0. The largest absolute Gasteiger partial charge is 0.476 e. The monoisotopic (exact) mass is 308 g/mol. The summed E-state index contributed by atoms with van der Waals surface area (Å²) in [5.41, 5.74) is 0.712. The van der Waals surface area contributed by atoms with Gasteiger partial charge in [0.1, 0.15) is 6.54 Å². The summed E-state index contributed by atoms with van der Waals surface area (Å²) in [6.45, 7) is 0.331. The molecule has 0 bridgehead atoms. The summed E-state index contributed by atoms with van der Waals surface area (Å²) in [5, 5.41) is 16.4. The van der Waals surface area contributed by atoms with Crippen LogP contribution in [0.4, 0.5) is 0 Å². The van der Waals surface area contributed by atoms with Crippen LogP contribution >= 0.6 is 11.6 Å². The van der Waals surface area contributed by atoms with Gasteiger partial charge in [0.2, 0.25) is 5.91 Å². The van der Waals surface area contributed by atoms with Crippen LogP contribution in [-0.2, 0) is 17.9 Å². The second kappa shape index (κ2) is 6.36. The van der Waals surface area contributed by atoms with Gasteiger partial charge in [-0.15, -0.1) is 5.10 Å². The van der Waals surface area contributed by atoms with Crippen LogP contribution in [0.25, 0.3) is 0 Å². The van der Waals surface area contributed by atoms with Crippen LogP contribution in [0.15, 0.2) is 30.5 Å². The Bertz CT molecular complexity index is 671. The average molecular weight is 309 g/mol. The van der Waals surface area contributed by atoms with Gasteiger partial charge in [0.25, 0.3) is 0 Å². The van der Waals surface area contributed by atoms with E-state index in [0.717, 1.165) is 5.56 Å². The van der Waals surface area contributed by atoms with E-state index in [-0.39, 0.29) is 18.1 Å². The summed E-state index contributed by atoms with van der Waals surface area (Å²) in [4.78, 5) is 24.2. The van der Waals surface area contributed by atoms with E-state index in [1.54, 1.807) is 19.2 Å². The van der Waals surface area contributed by atoms with Crippen LogP contribution in [0.5, 0.6) is 0 Å². The lowest BCUT2D eigenvalue weighted by molar-refractivity contribution is -0.131. The molecule has 8 heteroatoms. The number of hydrogen-bond donors (Lipinski definition) is 1. The molecule has 21 heavy (non-hydrogen) atoms. The van der Waals surface area contributed by atoms with Crippen LogP contribution in [0.3, 0.4) is 0 Å². The van der Waals surface area contributed by atoms with E-state index in [1.807, 2.05) is 12.1 Å². The number of aromatic carboxylic acids is 1. The van der Waals surface area contributed by atoms with Gasteiger partial charge in [0.15, 0.2) is 5.69 Å². The lowest BCUT2D eigenvalue weighted by atomic mass is 10.2. The second-order valence-electron chi connectivity index (χ2n) is 4.49. The van der Waals surface area contributed by atoms with Crippen molar-refractivity contribution in [2.45, 2.75) is 13.1 Å². The van der Waals surface area contributed by atoms with E-state index in [0.29, 0.717) is 11.6 Å². The molecule has 1 amide bonds. The van der Waals surface area contributed by atoms with E-state index >= 15 is 0 Å². The second-order valence-corrected chi connectivity index (χ2v) is 4.92. The van der Waals surface area contributed by atoms with Crippen LogP contribution in [0.2, 0.25) is 5.02 Å². The van der Waals surface area contributed by atoms with Crippen molar-refractivity contribution >= 4 is 23.5 Å². The number of halogens is 1. The fraction of sp³-hybridized carbons (Fsp3) is 0.231. The average Bonchev–Trinajstić information content (AvgIpc) is 2.87. The minimum atomic E-state index is -1.18. The predicted octanol–water partition coefficient (Wildman–Crippen LogP) is 1.29. The molecule has 0 atom stereocenters. The minimum absolute atomic E-state index is 0.0721. The SMILES string of the molecule is CN(Cc1cccc(Cl)c1)C(=O)Cn1cc(C(=O)O)nn1. The number of likely N-dealkylation sites (N-methyl/N-ethyl adjacent to an activating group) is 1. The smallest absolute Gasteiger partial charge is 0.358 e. The van der Waals surface area contributed by atoms with E-state index < -0.39 is 5.97 Å². The number of nitrogens with zero attached hydrogens (tertiary/aromatic N) is 4. The van der Waals surface area contributed by atoms with E-state index in [1.165, 1.54) is 15.8 Å².